The number of anilines is 1. The van der Waals surface area contributed by atoms with Gasteiger partial charge in [0.15, 0.2) is 0 Å². The topological polar surface area (TPSA) is 66.5 Å². The molecule has 0 aromatic carbocycles. The minimum atomic E-state index is -0.0404. The van der Waals surface area contributed by atoms with Crippen LogP contribution in [0.25, 0.3) is 0 Å². The van der Waals surface area contributed by atoms with E-state index < -0.39 is 0 Å². The molecule has 1 aliphatic heterocycles. The fraction of sp³-hybridized carbons (Fsp3) is 0.538. The Labute approximate surface area is 113 Å². The largest absolute Gasteiger partial charge is 0.378 e. The minimum Gasteiger partial charge on any atom is -0.378 e. The Morgan fingerprint density at radius 1 is 1.58 bits per heavy atom. The fourth-order valence-electron chi connectivity index (χ4n) is 1.86. The number of carbonyl (C=O) groups excluding carboxylic acids is 1. The van der Waals surface area contributed by atoms with E-state index >= 15 is 0 Å². The van der Waals surface area contributed by atoms with E-state index in [4.69, 9.17) is 4.74 Å². The van der Waals surface area contributed by atoms with Crippen molar-refractivity contribution in [2.24, 2.45) is 0 Å². The summed E-state index contributed by atoms with van der Waals surface area (Å²) in [6.07, 6.45) is 1.59. The Morgan fingerprint density at radius 2 is 2.42 bits per heavy atom. The lowest BCUT2D eigenvalue weighted by atomic mass is 10.2. The number of carbonyl (C=O) groups is 1. The second kappa shape index (κ2) is 6.49. The number of nitrogens with zero attached hydrogens (tertiary/aromatic N) is 2. The van der Waals surface area contributed by atoms with Gasteiger partial charge in [0.1, 0.15) is 5.82 Å². The molecule has 0 saturated carbocycles. The highest BCUT2D eigenvalue weighted by molar-refractivity contribution is 5.93. The minimum absolute atomic E-state index is 0.0404. The number of ether oxygens (including phenoxy) is 1. The maximum Gasteiger partial charge on any atom is 0.254 e. The predicted octanol–water partition coefficient (Wildman–Crippen LogP) is 0.184. The second-order valence-electron chi connectivity index (χ2n) is 4.74. The first kappa shape index (κ1) is 13.8. The van der Waals surface area contributed by atoms with E-state index in [0.29, 0.717) is 18.2 Å². The summed E-state index contributed by atoms with van der Waals surface area (Å²) in [5, 5.41) is 6.59. The van der Waals surface area contributed by atoms with Gasteiger partial charge in [0.2, 0.25) is 0 Å². The van der Waals surface area contributed by atoms with Gasteiger partial charge in [0, 0.05) is 39.4 Å². The zero-order valence-electron chi connectivity index (χ0n) is 11.3. The van der Waals surface area contributed by atoms with E-state index in [1.165, 1.54) is 4.90 Å². The third kappa shape index (κ3) is 3.90. The number of hydrogen-bond donors (Lipinski definition) is 2. The van der Waals surface area contributed by atoms with Gasteiger partial charge in [0.25, 0.3) is 5.91 Å². The Balaban J connectivity index is 1.86. The van der Waals surface area contributed by atoms with Crippen molar-refractivity contribution in [2.75, 3.05) is 45.7 Å². The van der Waals surface area contributed by atoms with Crippen LogP contribution in [0.5, 0.6) is 0 Å². The van der Waals surface area contributed by atoms with Crippen LogP contribution in [0.1, 0.15) is 10.4 Å². The molecule has 0 radical (unpaired) electrons. The van der Waals surface area contributed by atoms with Crippen LogP contribution in [-0.2, 0) is 4.74 Å². The Morgan fingerprint density at radius 3 is 3.00 bits per heavy atom. The Bertz CT molecular complexity index is 413. The van der Waals surface area contributed by atoms with Gasteiger partial charge >= 0.3 is 0 Å². The van der Waals surface area contributed by atoms with E-state index in [2.05, 4.69) is 15.6 Å². The Hall–Kier alpha value is -1.66. The highest BCUT2D eigenvalue weighted by atomic mass is 16.5. The molecular weight excluding hydrogens is 244 g/mol. The molecule has 104 valence electrons. The van der Waals surface area contributed by atoms with Crippen molar-refractivity contribution >= 4 is 11.7 Å². The molecule has 0 spiro atoms. The van der Waals surface area contributed by atoms with Crippen molar-refractivity contribution in [3.05, 3.63) is 23.9 Å². The van der Waals surface area contributed by atoms with Gasteiger partial charge < -0.3 is 20.3 Å². The number of aromatic nitrogens is 1. The molecule has 2 rings (SSSR count). The third-order valence-electron chi connectivity index (χ3n) is 2.94. The molecule has 1 saturated heterocycles. The van der Waals surface area contributed by atoms with E-state index in [9.17, 15) is 4.79 Å². The predicted molar refractivity (Wildman–Crippen MR) is 73.4 cm³/mol. The van der Waals surface area contributed by atoms with E-state index in [-0.39, 0.29) is 5.91 Å². The van der Waals surface area contributed by atoms with Crippen LogP contribution in [0.2, 0.25) is 0 Å². The van der Waals surface area contributed by atoms with Gasteiger partial charge in [-0.3, -0.25) is 4.79 Å². The van der Waals surface area contributed by atoms with Crippen LogP contribution >= 0.6 is 0 Å². The highest BCUT2D eigenvalue weighted by Crippen LogP contribution is 2.07. The van der Waals surface area contributed by atoms with Crippen LogP contribution in [0.4, 0.5) is 5.82 Å². The molecule has 1 amide bonds. The molecule has 1 fully saturated rings. The van der Waals surface area contributed by atoms with Crippen molar-refractivity contribution in [3.8, 4) is 0 Å². The third-order valence-corrected chi connectivity index (χ3v) is 2.94. The summed E-state index contributed by atoms with van der Waals surface area (Å²) >= 11 is 0. The molecule has 6 heteroatoms. The van der Waals surface area contributed by atoms with Crippen molar-refractivity contribution in [2.45, 2.75) is 6.04 Å². The van der Waals surface area contributed by atoms with Gasteiger partial charge in [-0.25, -0.2) is 4.98 Å². The summed E-state index contributed by atoms with van der Waals surface area (Å²) in [6, 6.07) is 3.90. The normalized spacial score (nSPS) is 18.9. The standard InChI is InChI=1S/C13H20N4O2/c1-17(2)13(18)10-3-4-12(15-7-10)16-8-11-9-19-6-5-14-11/h3-4,7,11,14H,5-6,8-9H2,1-2H3,(H,15,16). The maximum atomic E-state index is 11.7. The van der Waals surface area contributed by atoms with Crippen molar-refractivity contribution in [3.63, 3.8) is 0 Å². The number of hydrogen-bond acceptors (Lipinski definition) is 5. The van der Waals surface area contributed by atoms with Gasteiger partial charge in [-0.05, 0) is 12.1 Å². The monoisotopic (exact) mass is 264 g/mol. The number of amides is 1. The Kier molecular flexibility index (Phi) is 4.70. The summed E-state index contributed by atoms with van der Waals surface area (Å²) < 4.78 is 5.37. The molecule has 1 aliphatic rings. The molecular formula is C13H20N4O2. The lowest BCUT2D eigenvalue weighted by Gasteiger charge is -2.24. The first-order valence-corrected chi connectivity index (χ1v) is 6.39. The highest BCUT2D eigenvalue weighted by Gasteiger charge is 2.13. The van der Waals surface area contributed by atoms with Crippen molar-refractivity contribution in [1.29, 1.82) is 0 Å². The lowest BCUT2D eigenvalue weighted by Crippen LogP contribution is -2.45. The quantitative estimate of drug-likeness (QED) is 0.812. The van der Waals surface area contributed by atoms with Crippen LogP contribution < -0.4 is 10.6 Å². The van der Waals surface area contributed by atoms with Crippen molar-refractivity contribution < 1.29 is 9.53 Å². The van der Waals surface area contributed by atoms with E-state index in [1.54, 1.807) is 26.4 Å². The summed E-state index contributed by atoms with van der Waals surface area (Å²) in [5.41, 5.74) is 0.592. The SMILES string of the molecule is CN(C)C(=O)c1ccc(NCC2COCCN2)nc1. The molecule has 2 N–H and O–H groups in total. The molecule has 1 aromatic heterocycles. The zero-order chi connectivity index (χ0) is 13.7. The van der Waals surface area contributed by atoms with Gasteiger partial charge in [-0.1, -0.05) is 0 Å². The number of rotatable bonds is 4. The molecule has 1 atom stereocenters. The molecule has 6 nitrogen and oxygen atoms in total. The van der Waals surface area contributed by atoms with Crippen molar-refractivity contribution in [1.82, 2.24) is 15.2 Å². The van der Waals surface area contributed by atoms with E-state index in [0.717, 1.165) is 25.5 Å². The van der Waals surface area contributed by atoms with Crippen LogP contribution in [-0.4, -0.2) is 62.2 Å². The van der Waals surface area contributed by atoms with E-state index in [1.807, 2.05) is 6.07 Å². The molecule has 2 heterocycles. The maximum absolute atomic E-state index is 11.7. The molecule has 1 unspecified atom stereocenters. The van der Waals surface area contributed by atoms with Gasteiger partial charge in [-0.15, -0.1) is 0 Å². The smallest absolute Gasteiger partial charge is 0.254 e. The molecule has 0 bridgehead atoms. The van der Waals surface area contributed by atoms with Gasteiger partial charge in [0.05, 0.1) is 18.8 Å². The average Bonchev–Trinajstić information content (AvgIpc) is 2.46. The summed E-state index contributed by atoms with van der Waals surface area (Å²) in [7, 11) is 3.45. The van der Waals surface area contributed by atoms with Crippen LogP contribution in [0, 0.1) is 0 Å². The van der Waals surface area contributed by atoms with Crippen LogP contribution in [0.15, 0.2) is 18.3 Å². The summed E-state index contributed by atoms with van der Waals surface area (Å²) in [4.78, 5) is 17.5. The fourth-order valence-corrected chi connectivity index (χ4v) is 1.86. The molecule has 19 heavy (non-hydrogen) atoms. The average molecular weight is 264 g/mol. The number of nitrogens with one attached hydrogen (secondary N) is 2. The first-order chi connectivity index (χ1) is 9.16. The van der Waals surface area contributed by atoms with Crippen LogP contribution in [0.3, 0.4) is 0 Å². The number of pyridine rings is 1. The summed E-state index contributed by atoms with van der Waals surface area (Å²) in [6.45, 7) is 3.13. The first-order valence-electron chi connectivity index (χ1n) is 6.39. The molecule has 0 aliphatic carbocycles. The summed E-state index contributed by atoms with van der Waals surface area (Å²) in [5.74, 6) is 0.726. The van der Waals surface area contributed by atoms with Gasteiger partial charge in [-0.2, -0.15) is 0 Å². The number of morpholine rings is 1. The lowest BCUT2D eigenvalue weighted by molar-refractivity contribution is 0.0806. The second-order valence-corrected chi connectivity index (χ2v) is 4.74. The molecule has 1 aromatic rings. The zero-order valence-corrected chi connectivity index (χ0v) is 11.3.